The number of likely N-dealkylation sites (N-methyl/N-ethyl adjacent to an activating group) is 1. The Morgan fingerprint density at radius 3 is 2.38 bits per heavy atom. The number of nitrogens with zero attached hydrogens (tertiary/aromatic N) is 1. The summed E-state index contributed by atoms with van der Waals surface area (Å²) in [6.45, 7) is 12.7. The molecule has 2 aromatic carbocycles. The molecule has 0 bridgehead atoms. The molecular formula is C30H42N4O3. The summed E-state index contributed by atoms with van der Waals surface area (Å²) >= 11 is 0. The topological polar surface area (TPSA) is 90.5 Å². The molecule has 4 rings (SSSR count). The predicted molar refractivity (Wildman–Crippen MR) is 147 cm³/mol. The molecule has 3 N–H and O–H groups in total. The largest absolute Gasteiger partial charge is 0.347 e. The van der Waals surface area contributed by atoms with Gasteiger partial charge in [0.2, 0.25) is 11.8 Å². The summed E-state index contributed by atoms with van der Waals surface area (Å²) in [6.07, 6.45) is 2.60. The molecular weight excluding hydrogens is 464 g/mol. The SMILES string of the molecule is CNC(C)C(=O)NC(C(=O)N1CCC2(C)CCC(NC(=O)c3cccc4ccccc34)C12C)C(C)(C)C. The van der Waals surface area contributed by atoms with Crippen LogP contribution in [0, 0.1) is 10.8 Å². The molecule has 7 heteroatoms. The lowest BCUT2D eigenvalue weighted by atomic mass is 9.73. The van der Waals surface area contributed by atoms with E-state index < -0.39 is 23.0 Å². The number of rotatable bonds is 6. The summed E-state index contributed by atoms with van der Waals surface area (Å²) < 4.78 is 0. The van der Waals surface area contributed by atoms with Crippen LogP contribution >= 0.6 is 0 Å². The van der Waals surface area contributed by atoms with Crippen molar-refractivity contribution in [3.63, 3.8) is 0 Å². The Labute approximate surface area is 220 Å². The first-order valence-electron chi connectivity index (χ1n) is 13.4. The first-order valence-corrected chi connectivity index (χ1v) is 13.4. The third kappa shape index (κ3) is 4.63. The maximum absolute atomic E-state index is 14.2. The first kappa shape index (κ1) is 27.1. The molecule has 5 unspecified atom stereocenters. The Kier molecular flexibility index (Phi) is 7.14. The predicted octanol–water partition coefficient (Wildman–Crippen LogP) is 3.87. The van der Waals surface area contributed by atoms with Crippen LogP contribution in [0.25, 0.3) is 10.8 Å². The van der Waals surface area contributed by atoms with Crippen molar-refractivity contribution in [2.24, 2.45) is 10.8 Å². The third-order valence-electron chi connectivity index (χ3n) is 9.16. The lowest BCUT2D eigenvalue weighted by Gasteiger charge is -2.47. The van der Waals surface area contributed by atoms with Gasteiger partial charge >= 0.3 is 0 Å². The summed E-state index contributed by atoms with van der Waals surface area (Å²) in [5, 5.41) is 11.2. The normalized spacial score (nSPS) is 27.0. The summed E-state index contributed by atoms with van der Waals surface area (Å²) in [6, 6.07) is 12.4. The van der Waals surface area contributed by atoms with Gasteiger partial charge in [-0.05, 0) is 67.8 Å². The van der Waals surface area contributed by atoms with Crippen molar-refractivity contribution in [2.75, 3.05) is 13.6 Å². The minimum atomic E-state index is -0.676. The van der Waals surface area contributed by atoms with Gasteiger partial charge in [-0.3, -0.25) is 14.4 Å². The number of likely N-dealkylation sites (tertiary alicyclic amines) is 1. The molecule has 3 amide bonds. The lowest BCUT2D eigenvalue weighted by molar-refractivity contribution is -0.145. The molecule has 1 aliphatic carbocycles. The second-order valence-corrected chi connectivity index (χ2v) is 12.4. The van der Waals surface area contributed by atoms with Gasteiger partial charge in [0.1, 0.15) is 6.04 Å². The summed E-state index contributed by atoms with van der Waals surface area (Å²) in [4.78, 5) is 42.5. The fraction of sp³-hybridized carbons (Fsp3) is 0.567. The average molecular weight is 507 g/mol. The Morgan fingerprint density at radius 1 is 1.03 bits per heavy atom. The molecule has 5 atom stereocenters. The highest BCUT2D eigenvalue weighted by molar-refractivity contribution is 6.07. The molecule has 2 aliphatic rings. The average Bonchev–Trinajstić information content (AvgIpc) is 3.27. The second-order valence-electron chi connectivity index (χ2n) is 12.4. The van der Waals surface area contributed by atoms with Crippen molar-refractivity contribution in [2.45, 2.75) is 84.5 Å². The molecule has 2 aromatic rings. The second kappa shape index (κ2) is 9.75. The number of carbonyl (C=O) groups excluding carboxylic acids is 3. The Bertz CT molecular complexity index is 1200. The first-order chi connectivity index (χ1) is 17.3. The standard InChI is InChI=1S/C30H42N4O3/c1-19(31-7)25(35)33-24(28(2,3)4)27(37)34-18-17-29(5)16-15-23(30(29,34)6)32-26(36)22-14-10-12-20-11-8-9-13-21(20)22/h8-14,19,23-24,31H,15-18H2,1-7H3,(H,32,36)(H,33,35). The quantitative estimate of drug-likeness (QED) is 0.555. The molecule has 1 aliphatic heterocycles. The number of benzene rings is 2. The highest BCUT2D eigenvalue weighted by Gasteiger charge is 2.63. The third-order valence-corrected chi connectivity index (χ3v) is 9.16. The van der Waals surface area contributed by atoms with Gasteiger partial charge < -0.3 is 20.9 Å². The van der Waals surface area contributed by atoms with Crippen LogP contribution in [0.1, 0.15) is 71.2 Å². The van der Waals surface area contributed by atoms with E-state index in [9.17, 15) is 14.4 Å². The maximum atomic E-state index is 14.2. The van der Waals surface area contributed by atoms with Crippen LogP contribution < -0.4 is 16.0 Å². The monoisotopic (exact) mass is 506 g/mol. The Morgan fingerprint density at radius 2 is 1.70 bits per heavy atom. The van der Waals surface area contributed by atoms with Gasteiger partial charge in [0, 0.05) is 12.1 Å². The number of hydrogen-bond acceptors (Lipinski definition) is 4. The zero-order valence-electron chi connectivity index (χ0n) is 23.3. The van der Waals surface area contributed by atoms with E-state index in [1.165, 1.54) is 0 Å². The number of nitrogens with one attached hydrogen (secondary N) is 3. The van der Waals surface area contributed by atoms with Crippen LogP contribution in [-0.2, 0) is 9.59 Å². The van der Waals surface area contributed by atoms with Crippen LogP contribution in [0.5, 0.6) is 0 Å². The van der Waals surface area contributed by atoms with E-state index in [4.69, 9.17) is 0 Å². The van der Waals surface area contributed by atoms with E-state index in [0.29, 0.717) is 12.1 Å². The molecule has 0 aromatic heterocycles. The zero-order chi connectivity index (χ0) is 27.2. The van der Waals surface area contributed by atoms with E-state index in [1.54, 1.807) is 14.0 Å². The van der Waals surface area contributed by atoms with Crippen molar-refractivity contribution in [3.05, 3.63) is 48.0 Å². The van der Waals surface area contributed by atoms with Gasteiger partial charge in [-0.1, -0.05) is 64.1 Å². The van der Waals surface area contributed by atoms with Crippen LogP contribution in [0.2, 0.25) is 0 Å². The van der Waals surface area contributed by atoms with Crippen molar-refractivity contribution < 1.29 is 14.4 Å². The van der Waals surface area contributed by atoms with Crippen molar-refractivity contribution >= 4 is 28.5 Å². The van der Waals surface area contributed by atoms with E-state index in [0.717, 1.165) is 30.0 Å². The van der Waals surface area contributed by atoms with Gasteiger partial charge in [0.15, 0.2) is 0 Å². The fourth-order valence-corrected chi connectivity index (χ4v) is 6.31. The van der Waals surface area contributed by atoms with Crippen molar-refractivity contribution in [1.29, 1.82) is 0 Å². The molecule has 37 heavy (non-hydrogen) atoms. The number of hydrogen-bond donors (Lipinski definition) is 3. The highest BCUT2D eigenvalue weighted by atomic mass is 16.2. The van der Waals surface area contributed by atoms with Gasteiger partial charge in [-0.2, -0.15) is 0 Å². The van der Waals surface area contributed by atoms with E-state index in [-0.39, 0.29) is 29.2 Å². The molecule has 1 saturated heterocycles. The summed E-state index contributed by atoms with van der Waals surface area (Å²) in [7, 11) is 1.73. The van der Waals surface area contributed by atoms with Crippen LogP contribution in [-0.4, -0.2) is 59.9 Å². The van der Waals surface area contributed by atoms with Crippen LogP contribution in [0.3, 0.4) is 0 Å². The molecule has 1 saturated carbocycles. The van der Waals surface area contributed by atoms with Crippen LogP contribution in [0.15, 0.2) is 42.5 Å². The maximum Gasteiger partial charge on any atom is 0.252 e. The Hall–Kier alpha value is -2.93. The fourth-order valence-electron chi connectivity index (χ4n) is 6.31. The zero-order valence-corrected chi connectivity index (χ0v) is 23.3. The molecule has 200 valence electrons. The number of carbonyl (C=O) groups is 3. The highest BCUT2D eigenvalue weighted by Crippen LogP contribution is 2.56. The van der Waals surface area contributed by atoms with Crippen molar-refractivity contribution in [3.8, 4) is 0 Å². The smallest absolute Gasteiger partial charge is 0.252 e. The van der Waals surface area contributed by atoms with E-state index in [2.05, 4.69) is 29.8 Å². The van der Waals surface area contributed by atoms with Crippen LogP contribution in [0.4, 0.5) is 0 Å². The minimum absolute atomic E-state index is 0.0818. The number of fused-ring (bicyclic) bond motifs is 2. The molecule has 2 fully saturated rings. The van der Waals surface area contributed by atoms with Gasteiger partial charge in [-0.15, -0.1) is 0 Å². The summed E-state index contributed by atoms with van der Waals surface area (Å²) in [5.41, 5.74) is -0.514. The molecule has 1 heterocycles. The Balaban J connectivity index is 1.63. The van der Waals surface area contributed by atoms with E-state index >= 15 is 0 Å². The molecule has 0 radical (unpaired) electrons. The van der Waals surface area contributed by atoms with Gasteiger partial charge in [0.25, 0.3) is 5.91 Å². The number of amides is 3. The minimum Gasteiger partial charge on any atom is -0.347 e. The lowest BCUT2D eigenvalue weighted by Crippen LogP contribution is -2.65. The molecule has 7 nitrogen and oxygen atoms in total. The van der Waals surface area contributed by atoms with Gasteiger partial charge in [0.05, 0.1) is 17.6 Å². The summed E-state index contributed by atoms with van der Waals surface area (Å²) in [5.74, 6) is -0.396. The molecule has 0 spiro atoms. The van der Waals surface area contributed by atoms with E-state index in [1.807, 2.05) is 68.1 Å². The van der Waals surface area contributed by atoms with Gasteiger partial charge in [-0.25, -0.2) is 0 Å². The van der Waals surface area contributed by atoms with Crippen molar-refractivity contribution in [1.82, 2.24) is 20.9 Å².